The van der Waals surface area contributed by atoms with E-state index in [0.29, 0.717) is 0 Å². The van der Waals surface area contributed by atoms with Crippen LogP contribution in [0.2, 0.25) is 0 Å². The summed E-state index contributed by atoms with van der Waals surface area (Å²) in [6, 6.07) is 7.68. The van der Waals surface area contributed by atoms with Gasteiger partial charge in [-0.25, -0.2) is 0 Å². The number of aryl methyl sites for hydroxylation is 2. The van der Waals surface area contributed by atoms with Gasteiger partial charge in [0.05, 0.1) is 0 Å². The second-order valence-electron chi connectivity index (χ2n) is 5.29. The quantitative estimate of drug-likeness (QED) is 0.819. The number of benzene rings is 1. The summed E-state index contributed by atoms with van der Waals surface area (Å²) in [6.07, 6.45) is 5.35. The monoisotopic (exact) mass is 217 g/mol. The summed E-state index contributed by atoms with van der Waals surface area (Å²) in [7, 11) is 2.09. The van der Waals surface area contributed by atoms with Gasteiger partial charge in [0.2, 0.25) is 0 Å². The maximum absolute atomic E-state index is 3.40. The number of rotatable bonds is 3. The molecule has 0 saturated heterocycles. The van der Waals surface area contributed by atoms with Crippen LogP contribution in [0.15, 0.2) is 18.2 Å². The Hall–Kier alpha value is -0.820. The summed E-state index contributed by atoms with van der Waals surface area (Å²) in [5, 5.41) is 3.40. The van der Waals surface area contributed by atoms with E-state index in [4.69, 9.17) is 0 Å². The second-order valence-corrected chi connectivity index (χ2v) is 5.29. The molecule has 0 heterocycles. The van der Waals surface area contributed by atoms with Crippen LogP contribution in [0.5, 0.6) is 0 Å². The van der Waals surface area contributed by atoms with Gasteiger partial charge >= 0.3 is 0 Å². The molecule has 2 unspecified atom stereocenters. The molecule has 0 radical (unpaired) electrons. The lowest BCUT2D eigenvalue weighted by atomic mass is 9.95. The minimum atomic E-state index is 0.761. The molecule has 1 aromatic carbocycles. The van der Waals surface area contributed by atoms with E-state index < -0.39 is 0 Å². The molecular formula is C15H23N. The van der Waals surface area contributed by atoms with E-state index in [1.165, 1.54) is 42.4 Å². The zero-order chi connectivity index (χ0) is 11.5. The molecule has 0 spiro atoms. The Kier molecular flexibility index (Phi) is 3.65. The molecule has 2 rings (SSSR count). The van der Waals surface area contributed by atoms with Crippen LogP contribution >= 0.6 is 0 Å². The van der Waals surface area contributed by atoms with Crippen molar-refractivity contribution in [2.24, 2.45) is 5.92 Å². The van der Waals surface area contributed by atoms with Crippen molar-refractivity contribution in [1.29, 1.82) is 0 Å². The topological polar surface area (TPSA) is 12.0 Å². The smallest absolute Gasteiger partial charge is 0.00669 e. The van der Waals surface area contributed by atoms with Gasteiger partial charge < -0.3 is 5.32 Å². The summed E-state index contributed by atoms with van der Waals surface area (Å²) in [4.78, 5) is 0. The summed E-state index contributed by atoms with van der Waals surface area (Å²) < 4.78 is 0. The van der Waals surface area contributed by atoms with Gasteiger partial charge in [-0.3, -0.25) is 0 Å². The highest BCUT2D eigenvalue weighted by atomic mass is 14.9. The molecule has 1 saturated carbocycles. The molecule has 0 aromatic heterocycles. The molecule has 1 heteroatoms. The minimum absolute atomic E-state index is 0.761. The third kappa shape index (κ3) is 2.65. The van der Waals surface area contributed by atoms with Gasteiger partial charge in [-0.2, -0.15) is 0 Å². The van der Waals surface area contributed by atoms with E-state index in [2.05, 4.69) is 44.4 Å². The zero-order valence-corrected chi connectivity index (χ0v) is 10.7. The zero-order valence-electron chi connectivity index (χ0n) is 10.7. The fourth-order valence-corrected chi connectivity index (χ4v) is 2.79. The van der Waals surface area contributed by atoms with E-state index in [1.807, 2.05) is 0 Å². The third-order valence-corrected chi connectivity index (χ3v) is 4.05. The van der Waals surface area contributed by atoms with Crippen LogP contribution in [0, 0.1) is 19.8 Å². The van der Waals surface area contributed by atoms with Crippen LogP contribution in [0.1, 0.15) is 36.0 Å². The van der Waals surface area contributed by atoms with Gasteiger partial charge in [-0.1, -0.05) is 18.2 Å². The van der Waals surface area contributed by atoms with Crippen LogP contribution in [0.3, 0.4) is 0 Å². The van der Waals surface area contributed by atoms with E-state index >= 15 is 0 Å². The fourth-order valence-electron chi connectivity index (χ4n) is 2.79. The molecule has 1 nitrogen and oxygen atoms in total. The van der Waals surface area contributed by atoms with E-state index in [-0.39, 0.29) is 0 Å². The maximum Gasteiger partial charge on any atom is 0.00669 e. The molecule has 1 aromatic rings. The Morgan fingerprint density at radius 1 is 1.19 bits per heavy atom. The average Bonchev–Trinajstić information content (AvgIpc) is 2.71. The number of hydrogen-bond donors (Lipinski definition) is 1. The van der Waals surface area contributed by atoms with Crippen molar-refractivity contribution < 1.29 is 0 Å². The molecular weight excluding hydrogens is 194 g/mol. The first-order valence-electron chi connectivity index (χ1n) is 6.42. The molecule has 2 atom stereocenters. The van der Waals surface area contributed by atoms with Crippen molar-refractivity contribution >= 4 is 0 Å². The average molecular weight is 217 g/mol. The van der Waals surface area contributed by atoms with E-state index in [1.54, 1.807) is 0 Å². The first-order chi connectivity index (χ1) is 7.69. The molecule has 0 bridgehead atoms. The molecule has 88 valence electrons. The van der Waals surface area contributed by atoms with Gasteiger partial charge in [0, 0.05) is 6.04 Å². The SMILES string of the molecule is CNC1CCC(Cc2ccc(C)c(C)c2)C1. The van der Waals surface area contributed by atoms with Gasteiger partial charge in [-0.15, -0.1) is 0 Å². The molecule has 0 amide bonds. The normalized spacial score (nSPS) is 24.9. The number of nitrogens with one attached hydrogen (secondary N) is 1. The van der Waals surface area contributed by atoms with Crippen molar-refractivity contribution in [3.05, 3.63) is 34.9 Å². The first-order valence-corrected chi connectivity index (χ1v) is 6.42. The number of hydrogen-bond acceptors (Lipinski definition) is 1. The van der Waals surface area contributed by atoms with Gasteiger partial charge in [0.15, 0.2) is 0 Å². The largest absolute Gasteiger partial charge is 0.317 e. The highest BCUT2D eigenvalue weighted by Gasteiger charge is 2.23. The summed E-state index contributed by atoms with van der Waals surface area (Å²) in [6.45, 7) is 4.40. The summed E-state index contributed by atoms with van der Waals surface area (Å²) in [5.74, 6) is 0.888. The Morgan fingerprint density at radius 3 is 2.62 bits per heavy atom. The fraction of sp³-hybridized carbons (Fsp3) is 0.600. The van der Waals surface area contributed by atoms with Crippen LogP contribution in [-0.4, -0.2) is 13.1 Å². The molecule has 1 N–H and O–H groups in total. The Balaban J connectivity index is 1.97. The second kappa shape index (κ2) is 5.01. The van der Waals surface area contributed by atoms with Crippen molar-refractivity contribution in [1.82, 2.24) is 5.32 Å². The molecule has 1 aliphatic rings. The highest BCUT2D eigenvalue weighted by Crippen LogP contribution is 2.28. The third-order valence-electron chi connectivity index (χ3n) is 4.05. The Bertz CT molecular complexity index is 356. The Labute approximate surface area is 99.3 Å². The standard InChI is InChI=1S/C15H23N/c1-11-4-5-13(8-12(11)2)9-14-6-7-15(10-14)16-3/h4-5,8,14-16H,6-7,9-10H2,1-3H3. The van der Waals surface area contributed by atoms with Crippen molar-refractivity contribution in [2.45, 2.75) is 45.6 Å². The van der Waals surface area contributed by atoms with Crippen molar-refractivity contribution in [3.8, 4) is 0 Å². The van der Waals surface area contributed by atoms with Crippen LogP contribution < -0.4 is 5.32 Å². The summed E-state index contributed by atoms with van der Waals surface area (Å²) >= 11 is 0. The van der Waals surface area contributed by atoms with E-state index in [9.17, 15) is 0 Å². The van der Waals surface area contributed by atoms with Crippen LogP contribution in [-0.2, 0) is 6.42 Å². The molecule has 16 heavy (non-hydrogen) atoms. The van der Waals surface area contributed by atoms with E-state index in [0.717, 1.165) is 12.0 Å². The predicted molar refractivity (Wildman–Crippen MR) is 69.8 cm³/mol. The van der Waals surface area contributed by atoms with Crippen LogP contribution in [0.25, 0.3) is 0 Å². The lowest BCUT2D eigenvalue weighted by molar-refractivity contribution is 0.510. The van der Waals surface area contributed by atoms with Crippen molar-refractivity contribution in [3.63, 3.8) is 0 Å². The van der Waals surface area contributed by atoms with Crippen LogP contribution in [0.4, 0.5) is 0 Å². The Morgan fingerprint density at radius 2 is 2.00 bits per heavy atom. The molecule has 1 fully saturated rings. The van der Waals surface area contributed by atoms with Gasteiger partial charge in [-0.05, 0) is 69.2 Å². The predicted octanol–water partition coefficient (Wildman–Crippen LogP) is 3.23. The lowest BCUT2D eigenvalue weighted by Gasteiger charge is -2.12. The van der Waals surface area contributed by atoms with Gasteiger partial charge in [0.25, 0.3) is 0 Å². The molecule has 0 aliphatic heterocycles. The first kappa shape index (κ1) is 11.7. The lowest BCUT2D eigenvalue weighted by Crippen LogP contribution is -2.21. The minimum Gasteiger partial charge on any atom is -0.317 e. The van der Waals surface area contributed by atoms with Crippen molar-refractivity contribution in [2.75, 3.05) is 7.05 Å². The molecule has 1 aliphatic carbocycles. The maximum atomic E-state index is 3.40. The summed E-state index contributed by atoms with van der Waals surface area (Å²) in [5.41, 5.74) is 4.36. The van der Waals surface area contributed by atoms with Gasteiger partial charge in [0.1, 0.15) is 0 Å². The highest BCUT2D eigenvalue weighted by molar-refractivity contribution is 5.30.